The van der Waals surface area contributed by atoms with Crippen LogP contribution in [0.1, 0.15) is 44.6 Å². The maximum Gasteiger partial charge on any atom is 2.00 e. The molecule has 7 rings (SSSR count). The first-order valence-electron chi connectivity index (χ1n) is 16.1. The number of para-hydroxylation sites is 1. The molecule has 6 heteroatoms. The molecule has 0 radical (unpaired) electrons. The van der Waals surface area contributed by atoms with Gasteiger partial charge in [-0.3, -0.25) is 4.68 Å². The van der Waals surface area contributed by atoms with E-state index >= 15 is 0 Å². The molecule has 0 aliphatic carbocycles. The van der Waals surface area contributed by atoms with Crippen LogP contribution in [0.25, 0.3) is 44.4 Å². The minimum absolute atomic E-state index is 0. The van der Waals surface area contributed by atoms with E-state index in [9.17, 15) is 0 Å². The molecule has 238 valence electrons. The average molecular weight is 709 g/mol. The maximum absolute atomic E-state index is 6.48. The molecule has 0 unspecified atom stereocenters. The molecule has 0 fully saturated rings. The second-order valence-electron chi connectivity index (χ2n) is 12.9. The zero-order valence-electron chi connectivity index (χ0n) is 27.4. The van der Waals surface area contributed by atoms with E-state index in [1.807, 2.05) is 30.5 Å². The van der Waals surface area contributed by atoms with Crippen LogP contribution in [-0.2, 0) is 33.3 Å². The van der Waals surface area contributed by atoms with E-state index < -0.39 is 0 Å². The maximum atomic E-state index is 6.48. The summed E-state index contributed by atoms with van der Waals surface area (Å²) in [6.07, 6.45) is 3.65. The third-order valence-corrected chi connectivity index (χ3v) is 8.21. The van der Waals surface area contributed by atoms with Gasteiger partial charge in [0.25, 0.3) is 0 Å². The van der Waals surface area contributed by atoms with Crippen molar-refractivity contribution < 1.29 is 25.2 Å². The van der Waals surface area contributed by atoms with Gasteiger partial charge in [0.05, 0.1) is 11.4 Å². The Labute approximate surface area is 290 Å². The third-order valence-electron chi connectivity index (χ3n) is 8.21. The molecule has 47 heavy (non-hydrogen) atoms. The number of pyridine rings is 1. The van der Waals surface area contributed by atoms with Gasteiger partial charge in [-0.2, -0.15) is 17.2 Å². The van der Waals surface area contributed by atoms with E-state index in [-0.39, 0.29) is 20.4 Å². The monoisotopic (exact) mass is 708 g/mol. The van der Waals surface area contributed by atoms with Crippen molar-refractivity contribution in [2.24, 2.45) is 11.8 Å². The largest absolute Gasteiger partial charge is 2.00 e. The van der Waals surface area contributed by atoms with Crippen molar-refractivity contribution in [1.82, 2.24) is 19.3 Å². The molecule has 0 aliphatic rings. The predicted octanol–water partition coefficient (Wildman–Crippen LogP) is 10.1. The number of hydrogen-bond acceptors (Lipinski definition) is 3. The molecule has 0 amide bonds. The second-order valence-corrected chi connectivity index (χ2v) is 12.9. The topological polar surface area (TPSA) is 44.9 Å². The van der Waals surface area contributed by atoms with E-state index in [2.05, 4.69) is 129 Å². The summed E-state index contributed by atoms with van der Waals surface area (Å²) in [6.45, 7) is 11.1. The molecule has 0 N–H and O–H groups in total. The van der Waals surface area contributed by atoms with Crippen LogP contribution in [0.3, 0.4) is 0 Å². The molecule has 7 aromatic rings. The normalized spacial score (nSPS) is 11.5. The first kappa shape index (κ1) is 32.4. The van der Waals surface area contributed by atoms with Gasteiger partial charge in [0.15, 0.2) is 0 Å². The van der Waals surface area contributed by atoms with Gasteiger partial charge >= 0.3 is 20.4 Å². The molecular formula is C41H38N4OPd. The number of rotatable bonds is 9. The Morgan fingerprint density at radius 2 is 1.49 bits per heavy atom. The molecule has 3 aromatic heterocycles. The Morgan fingerprint density at radius 3 is 2.26 bits per heavy atom. The van der Waals surface area contributed by atoms with Crippen LogP contribution in [0.15, 0.2) is 103 Å². The summed E-state index contributed by atoms with van der Waals surface area (Å²) in [7, 11) is 0. The second kappa shape index (κ2) is 13.7. The van der Waals surface area contributed by atoms with Gasteiger partial charge in [0.2, 0.25) is 0 Å². The molecule has 0 atom stereocenters. The van der Waals surface area contributed by atoms with Crippen LogP contribution in [0.4, 0.5) is 0 Å². The van der Waals surface area contributed by atoms with Gasteiger partial charge in [0.1, 0.15) is 5.82 Å². The van der Waals surface area contributed by atoms with Crippen molar-refractivity contribution in [3.05, 3.63) is 132 Å². The summed E-state index contributed by atoms with van der Waals surface area (Å²) in [5.41, 5.74) is 8.77. The van der Waals surface area contributed by atoms with Crippen molar-refractivity contribution in [1.29, 1.82) is 0 Å². The minimum atomic E-state index is 0. The van der Waals surface area contributed by atoms with Crippen LogP contribution in [-0.4, -0.2) is 19.3 Å². The third kappa shape index (κ3) is 6.54. The SMILES string of the molecule is Cc1ccnc(-n2c3[c-]c(Oc4[c-]c(-n5nc(CC(C)C)c(-c6ccccc6)c5CC(C)C)ccc4)ccc3c3ccccc32)c1.[Pd+2]. The summed E-state index contributed by atoms with van der Waals surface area (Å²) in [4.78, 5) is 4.70. The van der Waals surface area contributed by atoms with E-state index in [1.54, 1.807) is 0 Å². The standard InChI is InChI=1S/C41H38N4O.Pd/c1-27(2)22-36-41(30-12-7-6-8-13-30)39(23-28(3)4)45(43-36)31-14-11-15-32(25-31)46-33-18-19-35-34-16-9-10-17-37(34)44(38(35)26-33)40-24-29(5)20-21-42-40;/h6-21,24,27-28H,22-23H2,1-5H3;/q-2;+2. The number of aryl methyl sites for hydroxylation is 1. The fourth-order valence-electron chi connectivity index (χ4n) is 6.30. The first-order chi connectivity index (χ1) is 22.4. The van der Waals surface area contributed by atoms with E-state index in [0.717, 1.165) is 57.4 Å². The number of hydrogen-bond donors (Lipinski definition) is 0. The van der Waals surface area contributed by atoms with Gasteiger partial charge in [-0.05, 0) is 72.0 Å². The van der Waals surface area contributed by atoms with Crippen molar-refractivity contribution in [2.45, 2.75) is 47.5 Å². The van der Waals surface area contributed by atoms with Gasteiger partial charge in [-0.25, -0.2) is 4.98 Å². The molecule has 0 bridgehead atoms. The Hall–Kier alpha value is -4.50. The Bertz CT molecular complexity index is 2160. The number of ether oxygens (including phenoxy) is 1. The van der Waals surface area contributed by atoms with Gasteiger partial charge in [-0.15, -0.1) is 35.7 Å². The fourth-order valence-corrected chi connectivity index (χ4v) is 6.30. The van der Waals surface area contributed by atoms with Crippen LogP contribution in [0.2, 0.25) is 0 Å². The summed E-state index contributed by atoms with van der Waals surface area (Å²) >= 11 is 0. The first-order valence-corrected chi connectivity index (χ1v) is 16.1. The van der Waals surface area contributed by atoms with Crippen molar-refractivity contribution in [3.8, 4) is 34.1 Å². The smallest absolute Gasteiger partial charge is 0.509 e. The Morgan fingerprint density at radius 1 is 0.745 bits per heavy atom. The van der Waals surface area contributed by atoms with Gasteiger partial charge < -0.3 is 9.30 Å². The van der Waals surface area contributed by atoms with E-state index in [1.165, 1.54) is 16.8 Å². The molecule has 0 saturated carbocycles. The zero-order chi connectivity index (χ0) is 31.8. The zero-order valence-corrected chi connectivity index (χ0v) is 29.0. The Kier molecular flexibility index (Phi) is 9.45. The molecular weight excluding hydrogens is 671 g/mol. The summed E-state index contributed by atoms with van der Waals surface area (Å²) in [5.74, 6) is 3.02. The van der Waals surface area contributed by atoms with Crippen molar-refractivity contribution >= 4 is 21.8 Å². The summed E-state index contributed by atoms with van der Waals surface area (Å²) < 4.78 is 10.7. The average Bonchev–Trinajstić information content (AvgIpc) is 3.55. The van der Waals surface area contributed by atoms with Crippen LogP contribution in [0.5, 0.6) is 11.5 Å². The molecule has 5 nitrogen and oxygen atoms in total. The summed E-state index contributed by atoms with van der Waals surface area (Å²) in [6, 6.07) is 40.4. The minimum Gasteiger partial charge on any atom is -0.509 e. The Balaban J connectivity index is 0.00000386. The van der Waals surface area contributed by atoms with Crippen molar-refractivity contribution in [3.63, 3.8) is 0 Å². The number of benzene rings is 4. The van der Waals surface area contributed by atoms with Crippen LogP contribution < -0.4 is 4.74 Å². The van der Waals surface area contributed by atoms with E-state index in [4.69, 9.17) is 14.8 Å². The number of fused-ring (bicyclic) bond motifs is 3. The number of aromatic nitrogens is 4. The van der Waals surface area contributed by atoms with Crippen LogP contribution >= 0.6 is 0 Å². The van der Waals surface area contributed by atoms with E-state index in [0.29, 0.717) is 23.3 Å². The molecule has 0 aliphatic heterocycles. The summed E-state index contributed by atoms with van der Waals surface area (Å²) in [5, 5.41) is 7.48. The van der Waals surface area contributed by atoms with Crippen molar-refractivity contribution in [2.75, 3.05) is 0 Å². The van der Waals surface area contributed by atoms with Crippen LogP contribution in [0, 0.1) is 30.9 Å². The van der Waals surface area contributed by atoms with Gasteiger partial charge in [0, 0.05) is 28.8 Å². The molecule has 3 heterocycles. The molecule has 0 saturated heterocycles. The number of nitrogens with zero attached hydrogens (tertiary/aromatic N) is 4. The molecule has 0 spiro atoms. The predicted molar refractivity (Wildman–Crippen MR) is 187 cm³/mol. The quantitative estimate of drug-likeness (QED) is 0.111. The fraction of sp³-hybridized carbons (Fsp3) is 0.220. The molecule has 4 aromatic carbocycles. The van der Waals surface area contributed by atoms with Gasteiger partial charge in [-0.1, -0.05) is 81.7 Å².